The minimum atomic E-state index is -1.50. The summed E-state index contributed by atoms with van der Waals surface area (Å²) in [6.07, 6.45) is 5.31. The second kappa shape index (κ2) is 5.78. The first kappa shape index (κ1) is 17.7. The molecule has 0 radical (unpaired) electrons. The number of nitrogens with two attached hydrogens (primary N) is 1. The molecule has 0 aromatic carbocycles. The summed E-state index contributed by atoms with van der Waals surface area (Å²) in [5.74, 6) is -1.32. The van der Waals surface area contributed by atoms with E-state index in [4.69, 9.17) is 15.2 Å². The van der Waals surface area contributed by atoms with E-state index in [1.54, 1.807) is 0 Å². The number of nitriles is 2. The van der Waals surface area contributed by atoms with Crippen LogP contribution in [0.4, 0.5) is 0 Å². The lowest BCUT2D eigenvalue weighted by atomic mass is 9.80. The minimum absolute atomic E-state index is 0.178. The van der Waals surface area contributed by atoms with Crippen LogP contribution in [0.25, 0.3) is 0 Å². The maximum absolute atomic E-state index is 10.1. The van der Waals surface area contributed by atoms with Gasteiger partial charge < -0.3 is 15.2 Å². The molecule has 1 heterocycles. The first-order valence-corrected chi connectivity index (χ1v) is 8.28. The lowest BCUT2D eigenvalue weighted by Gasteiger charge is -2.33. The summed E-state index contributed by atoms with van der Waals surface area (Å²) in [4.78, 5) is 4.29. The van der Waals surface area contributed by atoms with Gasteiger partial charge in [0.25, 0.3) is 5.91 Å². The van der Waals surface area contributed by atoms with E-state index in [-0.39, 0.29) is 5.84 Å². The third-order valence-electron chi connectivity index (χ3n) is 5.86. The minimum Gasteiger partial charge on any atom is -0.386 e. The molecule has 0 unspecified atom stereocenters. The zero-order valence-corrected chi connectivity index (χ0v) is 14.5. The number of nitrogens with zero attached hydrogens (tertiary/aromatic N) is 3. The Hall–Kier alpha value is -1.63. The molecule has 6 nitrogen and oxygen atoms in total. The molecule has 0 saturated heterocycles. The largest absolute Gasteiger partial charge is 0.386 e. The standard InChI is InChI=1S/C17H26N4O2/c1-5-7-9-14(10-8-6-2)15(11-18)13(20)21-17(22-3,23-4)16(14,15)12-19/h5-10H2,1-4H3,(H2,20,21)/t15-,16+/m0/s1. The average Bonchev–Trinajstić information content (AvgIpc) is 3.03. The van der Waals surface area contributed by atoms with E-state index >= 15 is 0 Å². The molecule has 1 fully saturated rings. The van der Waals surface area contributed by atoms with Gasteiger partial charge in [0.2, 0.25) is 0 Å². The van der Waals surface area contributed by atoms with Gasteiger partial charge in [-0.2, -0.15) is 10.5 Å². The molecule has 0 spiro atoms. The highest BCUT2D eigenvalue weighted by Gasteiger charge is 2.99. The number of amidine groups is 1. The number of methoxy groups -OCH3 is 2. The Morgan fingerprint density at radius 2 is 1.57 bits per heavy atom. The van der Waals surface area contributed by atoms with Crippen LogP contribution in [-0.2, 0) is 9.47 Å². The Bertz CT molecular complexity index is 576. The van der Waals surface area contributed by atoms with Gasteiger partial charge in [-0.15, -0.1) is 0 Å². The smallest absolute Gasteiger partial charge is 0.292 e. The van der Waals surface area contributed by atoms with E-state index in [2.05, 4.69) is 31.0 Å². The van der Waals surface area contributed by atoms with Gasteiger partial charge in [0.05, 0.1) is 12.1 Å². The number of ether oxygens (including phenoxy) is 2. The van der Waals surface area contributed by atoms with Crippen molar-refractivity contribution in [3.8, 4) is 12.1 Å². The Labute approximate surface area is 138 Å². The first-order chi connectivity index (χ1) is 11.0. The molecular weight excluding hydrogens is 292 g/mol. The van der Waals surface area contributed by atoms with Gasteiger partial charge in [-0.3, -0.25) is 0 Å². The van der Waals surface area contributed by atoms with E-state index in [1.165, 1.54) is 14.2 Å². The van der Waals surface area contributed by atoms with Crippen molar-refractivity contribution in [1.82, 2.24) is 0 Å². The zero-order valence-electron chi connectivity index (χ0n) is 14.5. The SMILES string of the molecule is CCCCC1(CCCC)[C@@]2(C#N)C(OC)(OC)N=C(N)[C@@]12C#N. The molecule has 0 aromatic rings. The van der Waals surface area contributed by atoms with Crippen molar-refractivity contribution in [2.75, 3.05) is 14.2 Å². The summed E-state index contributed by atoms with van der Waals surface area (Å²) in [6.45, 7) is 4.20. The maximum atomic E-state index is 10.1. The van der Waals surface area contributed by atoms with E-state index < -0.39 is 22.2 Å². The van der Waals surface area contributed by atoms with Gasteiger partial charge in [-0.25, -0.2) is 4.99 Å². The first-order valence-electron chi connectivity index (χ1n) is 8.28. The summed E-state index contributed by atoms with van der Waals surface area (Å²) in [5, 5.41) is 20.1. The third-order valence-corrected chi connectivity index (χ3v) is 5.86. The fourth-order valence-electron chi connectivity index (χ4n) is 4.82. The molecule has 0 aromatic heterocycles. The van der Waals surface area contributed by atoms with Crippen LogP contribution in [0, 0.1) is 38.9 Å². The van der Waals surface area contributed by atoms with Gasteiger partial charge in [0.1, 0.15) is 11.3 Å². The lowest BCUT2D eigenvalue weighted by molar-refractivity contribution is -0.237. The maximum Gasteiger partial charge on any atom is 0.292 e. The van der Waals surface area contributed by atoms with Gasteiger partial charge in [-0.1, -0.05) is 39.5 Å². The van der Waals surface area contributed by atoms with Crippen LogP contribution < -0.4 is 5.73 Å². The van der Waals surface area contributed by atoms with Gasteiger partial charge in [-0.05, 0) is 12.8 Å². The third kappa shape index (κ3) is 1.61. The van der Waals surface area contributed by atoms with Gasteiger partial charge in [0, 0.05) is 19.6 Å². The van der Waals surface area contributed by atoms with Crippen molar-refractivity contribution < 1.29 is 9.47 Å². The monoisotopic (exact) mass is 318 g/mol. The molecule has 126 valence electrons. The van der Waals surface area contributed by atoms with Gasteiger partial charge >= 0.3 is 0 Å². The predicted octanol–water partition coefficient (Wildman–Crippen LogP) is 2.70. The average molecular weight is 318 g/mol. The van der Waals surface area contributed by atoms with Crippen molar-refractivity contribution in [2.45, 2.75) is 58.3 Å². The molecule has 2 rings (SSSR count). The van der Waals surface area contributed by atoms with Gasteiger partial charge in [0.15, 0.2) is 5.41 Å². The van der Waals surface area contributed by atoms with Crippen LogP contribution in [-0.4, -0.2) is 26.0 Å². The molecule has 2 atom stereocenters. The summed E-state index contributed by atoms with van der Waals surface area (Å²) < 4.78 is 11.1. The van der Waals surface area contributed by atoms with E-state index in [9.17, 15) is 10.5 Å². The predicted molar refractivity (Wildman–Crippen MR) is 85.9 cm³/mol. The van der Waals surface area contributed by atoms with Crippen LogP contribution in [0.1, 0.15) is 52.4 Å². The molecule has 2 N–H and O–H groups in total. The van der Waals surface area contributed by atoms with Crippen LogP contribution in [0.5, 0.6) is 0 Å². The van der Waals surface area contributed by atoms with Crippen LogP contribution in [0.15, 0.2) is 4.99 Å². The summed E-state index contributed by atoms with van der Waals surface area (Å²) >= 11 is 0. The molecule has 1 aliphatic heterocycles. The molecular formula is C17H26N4O2. The number of hydrogen-bond donors (Lipinski definition) is 1. The van der Waals surface area contributed by atoms with Crippen molar-refractivity contribution in [1.29, 1.82) is 10.5 Å². The molecule has 0 bridgehead atoms. The summed E-state index contributed by atoms with van der Waals surface area (Å²) in [6, 6.07) is 4.72. The Morgan fingerprint density at radius 3 is 1.91 bits per heavy atom. The Morgan fingerprint density at radius 1 is 1.04 bits per heavy atom. The van der Waals surface area contributed by atoms with Crippen molar-refractivity contribution in [3.05, 3.63) is 0 Å². The second-order valence-electron chi connectivity index (χ2n) is 6.50. The van der Waals surface area contributed by atoms with E-state index in [0.717, 1.165) is 38.5 Å². The Kier molecular flexibility index (Phi) is 4.45. The number of hydrogen-bond acceptors (Lipinski definition) is 6. The summed E-state index contributed by atoms with van der Waals surface area (Å²) in [5.41, 5.74) is 3.33. The fraction of sp³-hybridized carbons (Fsp3) is 0.824. The number of aliphatic imine (C=N–C) groups is 1. The molecule has 1 saturated carbocycles. The quantitative estimate of drug-likeness (QED) is 0.693. The van der Waals surface area contributed by atoms with Crippen molar-refractivity contribution >= 4 is 5.84 Å². The van der Waals surface area contributed by atoms with Crippen LogP contribution in [0.3, 0.4) is 0 Å². The highest BCUT2D eigenvalue weighted by atomic mass is 16.7. The number of rotatable bonds is 8. The van der Waals surface area contributed by atoms with E-state index in [0.29, 0.717) is 0 Å². The molecule has 2 aliphatic rings. The highest BCUT2D eigenvalue weighted by molar-refractivity contribution is 6.00. The summed E-state index contributed by atoms with van der Waals surface area (Å²) in [7, 11) is 2.91. The zero-order chi connectivity index (χ0) is 17.4. The molecule has 0 amide bonds. The fourth-order valence-corrected chi connectivity index (χ4v) is 4.82. The Balaban J connectivity index is 2.67. The number of unbranched alkanes of at least 4 members (excludes halogenated alkanes) is 2. The van der Waals surface area contributed by atoms with Crippen LogP contribution in [0.2, 0.25) is 0 Å². The molecule has 23 heavy (non-hydrogen) atoms. The number of fused-ring (bicyclic) bond motifs is 1. The highest BCUT2D eigenvalue weighted by Crippen LogP contribution is 2.88. The normalized spacial score (nSPS) is 32.5. The van der Waals surface area contributed by atoms with Crippen molar-refractivity contribution in [2.24, 2.45) is 27.0 Å². The van der Waals surface area contributed by atoms with Crippen LogP contribution >= 0.6 is 0 Å². The second-order valence-corrected chi connectivity index (χ2v) is 6.50. The van der Waals surface area contributed by atoms with E-state index in [1.807, 2.05) is 0 Å². The molecule has 1 aliphatic carbocycles. The molecule has 6 heteroatoms. The van der Waals surface area contributed by atoms with Crippen molar-refractivity contribution in [3.63, 3.8) is 0 Å². The lowest BCUT2D eigenvalue weighted by Crippen LogP contribution is -2.44. The topological polar surface area (TPSA) is 104 Å².